The van der Waals surface area contributed by atoms with Crippen molar-refractivity contribution in [2.75, 3.05) is 19.6 Å². The van der Waals surface area contributed by atoms with Crippen molar-refractivity contribution in [1.82, 2.24) is 15.1 Å². The Kier molecular flexibility index (Phi) is 7.05. The molecule has 2 aliphatic heterocycles. The summed E-state index contributed by atoms with van der Waals surface area (Å²) in [6, 6.07) is 7.60. The monoisotopic (exact) mass is 491 g/mol. The average molecular weight is 492 g/mol. The van der Waals surface area contributed by atoms with Crippen LogP contribution in [0, 0.1) is 11.7 Å². The van der Waals surface area contributed by atoms with E-state index in [1.807, 2.05) is 24.4 Å². The van der Waals surface area contributed by atoms with Gasteiger partial charge in [0.1, 0.15) is 11.4 Å². The fourth-order valence-corrected chi connectivity index (χ4v) is 5.84. The molecule has 0 aliphatic carbocycles. The molecule has 1 unspecified atom stereocenters. The van der Waals surface area contributed by atoms with Gasteiger partial charge in [-0.15, -0.1) is 11.3 Å². The molecule has 4 rings (SSSR count). The molecule has 0 spiro atoms. The Hall–Kier alpha value is -2.45. The van der Waals surface area contributed by atoms with Gasteiger partial charge in [0.2, 0.25) is 0 Å². The van der Waals surface area contributed by atoms with Crippen molar-refractivity contribution in [2.24, 2.45) is 5.92 Å². The number of amides is 4. The Morgan fingerprint density at radius 2 is 2.03 bits per heavy atom. The SMILES string of the molecule is CCCC1(C2CCN(C(=O)c3ccc(F)c(Cl)c3)CC2)NC(=O)N(CCc2cccs2)C1=O. The maximum atomic E-state index is 13.5. The van der Waals surface area contributed by atoms with Gasteiger partial charge in [0, 0.05) is 30.1 Å². The van der Waals surface area contributed by atoms with Gasteiger partial charge in [-0.25, -0.2) is 9.18 Å². The molecule has 176 valence electrons. The van der Waals surface area contributed by atoms with Gasteiger partial charge in [-0.3, -0.25) is 14.5 Å². The normalized spacial score (nSPS) is 21.5. The van der Waals surface area contributed by atoms with Crippen LogP contribution in [-0.4, -0.2) is 52.8 Å². The van der Waals surface area contributed by atoms with Gasteiger partial charge in [-0.1, -0.05) is 31.0 Å². The van der Waals surface area contributed by atoms with Crippen molar-refractivity contribution in [1.29, 1.82) is 0 Å². The molecule has 2 fully saturated rings. The van der Waals surface area contributed by atoms with Crippen LogP contribution < -0.4 is 5.32 Å². The van der Waals surface area contributed by atoms with Gasteiger partial charge in [-0.2, -0.15) is 0 Å². The number of rotatable bonds is 7. The average Bonchev–Trinajstić information content (AvgIpc) is 3.41. The molecule has 0 bridgehead atoms. The molecule has 0 saturated carbocycles. The molecule has 4 amide bonds. The molecule has 2 saturated heterocycles. The van der Waals surface area contributed by atoms with Crippen LogP contribution in [0.1, 0.15) is 47.8 Å². The van der Waals surface area contributed by atoms with Crippen LogP contribution in [0.15, 0.2) is 35.7 Å². The van der Waals surface area contributed by atoms with E-state index in [1.165, 1.54) is 23.1 Å². The number of carbonyl (C=O) groups is 3. The molecule has 1 atom stereocenters. The minimum Gasteiger partial charge on any atom is -0.339 e. The van der Waals surface area contributed by atoms with Crippen LogP contribution >= 0.6 is 22.9 Å². The molecule has 6 nitrogen and oxygen atoms in total. The van der Waals surface area contributed by atoms with E-state index in [9.17, 15) is 18.8 Å². The third-order valence-corrected chi connectivity index (χ3v) is 7.88. The van der Waals surface area contributed by atoms with Crippen molar-refractivity contribution in [3.63, 3.8) is 0 Å². The summed E-state index contributed by atoms with van der Waals surface area (Å²) in [5.41, 5.74) is -0.580. The lowest BCUT2D eigenvalue weighted by Gasteiger charge is -2.41. The van der Waals surface area contributed by atoms with Gasteiger partial charge in [0.25, 0.3) is 11.8 Å². The predicted molar refractivity (Wildman–Crippen MR) is 126 cm³/mol. The Balaban J connectivity index is 1.44. The first-order valence-electron chi connectivity index (χ1n) is 11.3. The fraction of sp³-hybridized carbons (Fsp3) is 0.458. The first-order valence-corrected chi connectivity index (χ1v) is 12.5. The summed E-state index contributed by atoms with van der Waals surface area (Å²) in [7, 11) is 0. The lowest BCUT2D eigenvalue weighted by atomic mass is 9.74. The quantitative estimate of drug-likeness (QED) is 0.569. The number of halogens is 2. The summed E-state index contributed by atoms with van der Waals surface area (Å²) in [6.45, 7) is 3.29. The van der Waals surface area contributed by atoms with Crippen molar-refractivity contribution in [3.05, 3.63) is 57.0 Å². The van der Waals surface area contributed by atoms with Gasteiger partial charge in [0.15, 0.2) is 0 Å². The largest absolute Gasteiger partial charge is 0.339 e. The molecule has 1 aromatic carbocycles. The van der Waals surface area contributed by atoms with Gasteiger partial charge in [0.05, 0.1) is 5.02 Å². The van der Waals surface area contributed by atoms with E-state index in [0.717, 1.165) is 11.3 Å². The highest BCUT2D eigenvalue weighted by Crippen LogP contribution is 2.37. The zero-order chi connectivity index (χ0) is 23.6. The van der Waals surface area contributed by atoms with E-state index < -0.39 is 11.4 Å². The summed E-state index contributed by atoms with van der Waals surface area (Å²) < 4.78 is 13.5. The van der Waals surface area contributed by atoms with E-state index in [4.69, 9.17) is 11.6 Å². The van der Waals surface area contributed by atoms with E-state index in [0.29, 0.717) is 50.9 Å². The van der Waals surface area contributed by atoms with Crippen LogP contribution in [0.3, 0.4) is 0 Å². The van der Waals surface area contributed by atoms with Gasteiger partial charge >= 0.3 is 6.03 Å². The topological polar surface area (TPSA) is 69.7 Å². The number of hydrogen-bond acceptors (Lipinski definition) is 4. The third-order valence-electron chi connectivity index (χ3n) is 6.65. The van der Waals surface area contributed by atoms with Crippen molar-refractivity contribution in [2.45, 2.75) is 44.6 Å². The molecule has 1 aromatic heterocycles. The molecule has 2 aliphatic rings. The number of nitrogens with zero attached hydrogens (tertiary/aromatic N) is 2. The molecule has 33 heavy (non-hydrogen) atoms. The van der Waals surface area contributed by atoms with E-state index in [1.54, 1.807) is 16.2 Å². The summed E-state index contributed by atoms with van der Waals surface area (Å²) in [6.07, 6.45) is 3.18. The molecule has 1 N–H and O–H groups in total. The molecule has 0 radical (unpaired) electrons. The standard InChI is InChI=1S/C24H27ClFN3O3S/c1-2-10-24(22(31)29(23(32)27-24)13-9-18-4-3-14-33-18)17-7-11-28(12-8-17)21(30)16-5-6-20(26)19(25)15-16/h3-6,14-15,17H,2,7-13H2,1H3,(H,27,32). The van der Waals surface area contributed by atoms with E-state index in [2.05, 4.69) is 5.32 Å². The fourth-order valence-electron chi connectivity index (χ4n) is 4.96. The predicted octanol–water partition coefficient (Wildman–Crippen LogP) is 4.73. The first-order chi connectivity index (χ1) is 15.9. The number of hydrogen-bond donors (Lipinski definition) is 1. The van der Waals surface area contributed by atoms with Crippen molar-refractivity contribution in [3.8, 4) is 0 Å². The second-order valence-electron chi connectivity index (χ2n) is 8.63. The number of urea groups is 1. The maximum absolute atomic E-state index is 13.5. The van der Waals surface area contributed by atoms with Crippen molar-refractivity contribution >= 4 is 40.8 Å². The van der Waals surface area contributed by atoms with E-state index >= 15 is 0 Å². The number of likely N-dealkylation sites (tertiary alicyclic amines) is 1. The van der Waals surface area contributed by atoms with E-state index in [-0.39, 0.29) is 28.8 Å². The molecule has 3 heterocycles. The maximum Gasteiger partial charge on any atom is 0.325 e. The van der Waals surface area contributed by atoms with Crippen LogP contribution in [-0.2, 0) is 11.2 Å². The highest BCUT2D eigenvalue weighted by Gasteiger charge is 2.55. The lowest BCUT2D eigenvalue weighted by Crippen LogP contribution is -2.56. The second kappa shape index (κ2) is 9.81. The number of nitrogens with one attached hydrogen (secondary N) is 1. The number of thiophene rings is 1. The Bertz CT molecular complexity index is 1040. The third kappa shape index (κ3) is 4.64. The highest BCUT2D eigenvalue weighted by molar-refractivity contribution is 7.09. The zero-order valence-electron chi connectivity index (χ0n) is 18.5. The Labute approximate surface area is 201 Å². The molecular formula is C24H27ClFN3O3S. The summed E-state index contributed by atoms with van der Waals surface area (Å²) in [5, 5.41) is 4.94. The smallest absolute Gasteiger partial charge is 0.325 e. The number of benzene rings is 1. The highest BCUT2D eigenvalue weighted by atomic mass is 35.5. The van der Waals surface area contributed by atoms with Crippen LogP contribution in [0.4, 0.5) is 9.18 Å². The zero-order valence-corrected chi connectivity index (χ0v) is 20.1. The van der Waals surface area contributed by atoms with Gasteiger partial charge < -0.3 is 10.2 Å². The first kappa shape index (κ1) is 23.7. The Morgan fingerprint density at radius 3 is 2.67 bits per heavy atom. The lowest BCUT2D eigenvalue weighted by molar-refractivity contribution is -0.134. The summed E-state index contributed by atoms with van der Waals surface area (Å²) >= 11 is 7.45. The summed E-state index contributed by atoms with van der Waals surface area (Å²) in [5.74, 6) is -0.978. The van der Waals surface area contributed by atoms with Crippen LogP contribution in [0.2, 0.25) is 5.02 Å². The Morgan fingerprint density at radius 1 is 1.27 bits per heavy atom. The number of piperidine rings is 1. The minimum absolute atomic E-state index is 0.0542. The van der Waals surface area contributed by atoms with Crippen molar-refractivity contribution < 1.29 is 18.8 Å². The molecular weight excluding hydrogens is 465 g/mol. The second-order valence-corrected chi connectivity index (χ2v) is 10.1. The number of imide groups is 1. The minimum atomic E-state index is -0.921. The van der Waals surface area contributed by atoms with Crippen LogP contribution in [0.5, 0.6) is 0 Å². The summed E-state index contributed by atoms with van der Waals surface area (Å²) in [4.78, 5) is 43.3. The number of carbonyl (C=O) groups excluding carboxylic acids is 3. The molecule has 9 heteroatoms. The molecule has 2 aromatic rings. The van der Waals surface area contributed by atoms with Gasteiger partial charge in [-0.05, 0) is 61.2 Å². The van der Waals surface area contributed by atoms with Crippen LogP contribution in [0.25, 0.3) is 0 Å².